The Kier molecular flexibility index (Phi) is 4.39. The van der Waals surface area contributed by atoms with Gasteiger partial charge < -0.3 is 10.4 Å². The highest BCUT2D eigenvalue weighted by Gasteiger charge is 2.29. The Bertz CT molecular complexity index is 188. The summed E-state index contributed by atoms with van der Waals surface area (Å²) >= 11 is 0. The number of carbonyl (C=O) groups excluding carboxylic acids is 1. The van der Waals surface area contributed by atoms with E-state index in [1.807, 2.05) is 0 Å². The fourth-order valence-electron chi connectivity index (χ4n) is 1.37. The van der Waals surface area contributed by atoms with Crippen LogP contribution in [-0.4, -0.2) is 23.7 Å². The zero-order valence-corrected chi connectivity index (χ0v) is 9.12. The molecule has 1 rings (SSSR count). The largest absolute Gasteiger partial charge is 0.391 e. The maximum atomic E-state index is 11.3. The van der Waals surface area contributed by atoms with Gasteiger partial charge in [0.05, 0.1) is 6.10 Å². The fraction of sp³-hybridized carbons (Fsp3) is 0.909. The van der Waals surface area contributed by atoms with Crippen LogP contribution in [-0.2, 0) is 4.79 Å². The fourth-order valence-corrected chi connectivity index (χ4v) is 1.37. The number of hydrogen-bond acceptors (Lipinski definition) is 2. The Labute approximate surface area is 85.9 Å². The van der Waals surface area contributed by atoms with E-state index < -0.39 is 0 Å². The lowest BCUT2D eigenvalue weighted by Gasteiger charge is -2.11. The molecule has 1 fully saturated rings. The summed E-state index contributed by atoms with van der Waals surface area (Å²) in [5.41, 5.74) is 0. The minimum absolute atomic E-state index is 0.0680. The van der Waals surface area contributed by atoms with E-state index in [2.05, 4.69) is 19.2 Å². The zero-order chi connectivity index (χ0) is 10.6. The van der Waals surface area contributed by atoms with Crippen LogP contribution < -0.4 is 5.32 Å². The number of aliphatic hydroxyl groups excluding tert-OH is 1. The van der Waals surface area contributed by atoms with Gasteiger partial charge in [-0.05, 0) is 31.1 Å². The second-order valence-corrected chi connectivity index (χ2v) is 4.64. The lowest BCUT2D eigenvalue weighted by molar-refractivity contribution is -0.121. The maximum absolute atomic E-state index is 11.3. The van der Waals surface area contributed by atoms with E-state index in [-0.39, 0.29) is 12.0 Å². The van der Waals surface area contributed by atoms with Crippen molar-refractivity contribution >= 4 is 5.91 Å². The minimum atomic E-state index is -0.321. The smallest absolute Gasteiger partial charge is 0.220 e. The highest BCUT2D eigenvalue weighted by molar-refractivity contribution is 5.75. The normalized spacial score (nSPS) is 18.3. The van der Waals surface area contributed by atoms with Gasteiger partial charge in [0.25, 0.3) is 0 Å². The summed E-state index contributed by atoms with van der Waals surface area (Å²) in [4.78, 5) is 11.3. The van der Waals surface area contributed by atoms with Crippen LogP contribution in [0.15, 0.2) is 0 Å². The van der Waals surface area contributed by atoms with Crippen LogP contribution in [0.2, 0.25) is 0 Å². The van der Waals surface area contributed by atoms with Crippen LogP contribution in [0.25, 0.3) is 0 Å². The molecule has 1 aliphatic carbocycles. The number of rotatable bonds is 6. The second-order valence-electron chi connectivity index (χ2n) is 4.64. The number of carbonyl (C=O) groups is 1. The van der Waals surface area contributed by atoms with E-state index in [1.165, 1.54) is 0 Å². The van der Waals surface area contributed by atoms with Crippen molar-refractivity contribution in [1.82, 2.24) is 5.32 Å². The first-order valence-electron chi connectivity index (χ1n) is 5.54. The third kappa shape index (κ3) is 4.61. The molecule has 0 radical (unpaired) electrons. The molecule has 0 heterocycles. The predicted molar refractivity (Wildman–Crippen MR) is 55.8 cm³/mol. The van der Waals surface area contributed by atoms with Gasteiger partial charge in [0, 0.05) is 13.0 Å². The van der Waals surface area contributed by atoms with E-state index in [9.17, 15) is 9.90 Å². The summed E-state index contributed by atoms with van der Waals surface area (Å²) in [7, 11) is 0. The Morgan fingerprint density at radius 1 is 1.50 bits per heavy atom. The lowest BCUT2D eigenvalue weighted by Crippen LogP contribution is -2.33. The van der Waals surface area contributed by atoms with Gasteiger partial charge in [0.1, 0.15) is 0 Å². The number of aliphatic hydroxyl groups is 1. The molecule has 0 spiro atoms. The maximum Gasteiger partial charge on any atom is 0.220 e. The van der Waals surface area contributed by atoms with Crippen molar-refractivity contribution in [2.45, 2.75) is 45.6 Å². The van der Waals surface area contributed by atoms with Crippen molar-refractivity contribution in [3.05, 3.63) is 0 Å². The summed E-state index contributed by atoms with van der Waals surface area (Å²) in [6.45, 7) is 4.64. The van der Waals surface area contributed by atoms with Crippen LogP contribution in [0.1, 0.15) is 39.5 Å². The average molecular weight is 199 g/mol. The highest BCUT2D eigenvalue weighted by Crippen LogP contribution is 2.32. The van der Waals surface area contributed by atoms with Gasteiger partial charge in [-0.1, -0.05) is 13.8 Å². The molecule has 0 aromatic rings. The van der Waals surface area contributed by atoms with Gasteiger partial charge in [-0.25, -0.2) is 0 Å². The third-order valence-corrected chi connectivity index (χ3v) is 2.62. The van der Waals surface area contributed by atoms with Crippen LogP contribution in [0.3, 0.4) is 0 Å². The van der Waals surface area contributed by atoms with Gasteiger partial charge >= 0.3 is 0 Å². The van der Waals surface area contributed by atoms with Crippen molar-refractivity contribution in [2.75, 3.05) is 6.54 Å². The topological polar surface area (TPSA) is 49.3 Å². The first-order valence-corrected chi connectivity index (χ1v) is 5.54. The minimum Gasteiger partial charge on any atom is -0.391 e. The predicted octanol–water partition coefficient (Wildman–Crippen LogP) is 1.31. The average Bonchev–Trinajstić information content (AvgIpc) is 2.93. The molecule has 1 aliphatic rings. The second kappa shape index (κ2) is 5.35. The summed E-state index contributed by atoms with van der Waals surface area (Å²) in [5, 5.41) is 12.3. The number of nitrogens with one attached hydrogen (secondary N) is 1. The van der Waals surface area contributed by atoms with E-state index in [0.717, 1.165) is 19.3 Å². The molecule has 3 heteroatoms. The molecule has 0 saturated heterocycles. The van der Waals surface area contributed by atoms with E-state index in [1.54, 1.807) is 0 Å². The van der Waals surface area contributed by atoms with Crippen molar-refractivity contribution in [3.8, 4) is 0 Å². The van der Waals surface area contributed by atoms with Crippen molar-refractivity contribution in [1.29, 1.82) is 0 Å². The van der Waals surface area contributed by atoms with E-state index in [0.29, 0.717) is 24.8 Å². The van der Waals surface area contributed by atoms with Gasteiger partial charge in [0.15, 0.2) is 0 Å². The number of amides is 1. The molecule has 82 valence electrons. The molecule has 1 atom stereocenters. The summed E-state index contributed by atoms with van der Waals surface area (Å²) in [6, 6.07) is 0. The van der Waals surface area contributed by atoms with E-state index in [4.69, 9.17) is 0 Å². The lowest BCUT2D eigenvalue weighted by atomic mass is 10.1. The van der Waals surface area contributed by atoms with Crippen LogP contribution in [0, 0.1) is 11.8 Å². The van der Waals surface area contributed by atoms with Crippen LogP contribution in [0.5, 0.6) is 0 Å². The third-order valence-electron chi connectivity index (χ3n) is 2.62. The molecule has 0 aromatic heterocycles. The molecule has 0 bridgehead atoms. The first kappa shape index (κ1) is 11.5. The Morgan fingerprint density at radius 3 is 2.64 bits per heavy atom. The summed E-state index contributed by atoms with van der Waals surface area (Å²) in [6.07, 6.45) is 3.41. The zero-order valence-electron chi connectivity index (χ0n) is 9.12. The Hall–Kier alpha value is -0.570. The monoisotopic (exact) mass is 199 g/mol. The van der Waals surface area contributed by atoms with Crippen molar-refractivity contribution in [2.24, 2.45) is 11.8 Å². The van der Waals surface area contributed by atoms with E-state index >= 15 is 0 Å². The Morgan fingerprint density at radius 2 is 2.14 bits per heavy atom. The van der Waals surface area contributed by atoms with Crippen molar-refractivity contribution < 1.29 is 9.90 Å². The highest BCUT2D eigenvalue weighted by atomic mass is 16.3. The molecule has 3 nitrogen and oxygen atoms in total. The molecule has 14 heavy (non-hydrogen) atoms. The molecule has 0 aliphatic heterocycles. The van der Waals surface area contributed by atoms with Gasteiger partial charge in [-0.15, -0.1) is 0 Å². The molecular weight excluding hydrogens is 178 g/mol. The van der Waals surface area contributed by atoms with Gasteiger partial charge in [0.2, 0.25) is 5.91 Å². The summed E-state index contributed by atoms with van der Waals surface area (Å²) in [5.74, 6) is 1.08. The van der Waals surface area contributed by atoms with Crippen LogP contribution >= 0.6 is 0 Å². The summed E-state index contributed by atoms with van der Waals surface area (Å²) < 4.78 is 0. The van der Waals surface area contributed by atoms with Gasteiger partial charge in [-0.3, -0.25) is 4.79 Å². The van der Waals surface area contributed by atoms with Crippen molar-refractivity contribution in [3.63, 3.8) is 0 Å². The van der Waals surface area contributed by atoms with Gasteiger partial charge in [-0.2, -0.15) is 0 Å². The molecule has 1 unspecified atom stereocenters. The molecule has 0 aromatic carbocycles. The Balaban J connectivity index is 2.02. The molecule has 2 N–H and O–H groups in total. The number of hydrogen-bond donors (Lipinski definition) is 2. The molecule has 1 saturated carbocycles. The SMILES string of the molecule is CC(C)CCC(=O)NCC(O)C1CC1. The quantitative estimate of drug-likeness (QED) is 0.677. The first-order chi connectivity index (χ1) is 6.59. The standard InChI is InChI=1S/C11H21NO2/c1-8(2)3-6-11(14)12-7-10(13)9-4-5-9/h8-10,13H,3-7H2,1-2H3,(H,12,14). The molecule has 1 amide bonds. The molecular formula is C11H21NO2. The van der Waals surface area contributed by atoms with Crippen LogP contribution in [0.4, 0.5) is 0 Å².